The number of carbonyl (C=O) groups is 2. The smallest absolute Gasteiger partial charge is 0.238 e. The largest absolute Gasteiger partial charge is 0.497 e. The summed E-state index contributed by atoms with van der Waals surface area (Å²) < 4.78 is 10.3. The highest BCUT2D eigenvalue weighted by Crippen LogP contribution is 2.30. The van der Waals surface area contributed by atoms with Crippen LogP contribution in [0, 0.1) is 0 Å². The number of aliphatic imine (C=N–C) groups is 1. The molecule has 0 spiro atoms. The average Bonchev–Trinajstić information content (AvgIpc) is 2.74. The van der Waals surface area contributed by atoms with Crippen molar-refractivity contribution in [3.05, 3.63) is 48.5 Å². The predicted molar refractivity (Wildman–Crippen MR) is 115 cm³/mol. The number of thioether (sulfide) groups is 1. The molecule has 1 saturated heterocycles. The normalized spacial score (nSPS) is 17.9. The lowest BCUT2D eigenvalue weighted by molar-refractivity contribution is -0.129. The van der Waals surface area contributed by atoms with Crippen molar-refractivity contribution in [3.8, 4) is 11.5 Å². The molecule has 1 aliphatic heterocycles. The second-order valence-corrected chi connectivity index (χ2v) is 7.43. The zero-order valence-electron chi connectivity index (χ0n) is 16.5. The third-order valence-electron chi connectivity index (χ3n) is 4.38. The van der Waals surface area contributed by atoms with Gasteiger partial charge in [0.25, 0.3) is 0 Å². The van der Waals surface area contributed by atoms with Crippen molar-refractivity contribution >= 4 is 40.1 Å². The van der Waals surface area contributed by atoms with E-state index in [4.69, 9.17) is 9.47 Å². The lowest BCUT2D eigenvalue weighted by atomic mass is 10.2. The Bertz CT molecular complexity index is 914. The highest BCUT2D eigenvalue weighted by atomic mass is 32.2. The van der Waals surface area contributed by atoms with Crippen molar-refractivity contribution in [1.29, 1.82) is 0 Å². The van der Waals surface area contributed by atoms with Crippen LogP contribution in [0.25, 0.3) is 0 Å². The Hall–Kier alpha value is -3.00. The number of rotatable bonds is 6. The van der Waals surface area contributed by atoms with Crippen LogP contribution in [-0.4, -0.2) is 47.9 Å². The van der Waals surface area contributed by atoms with Crippen LogP contribution in [0.3, 0.4) is 0 Å². The molecule has 0 bridgehead atoms. The summed E-state index contributed by atoms with van der Waals surface area (Å²) in [5.41, 5.74) is 1.31. The molecule has 7 nitrogen and oxygen atoms in total. The number of amides is 2. The van der Waals surface area contributed by atoms with E-state index >= 15 is 0 Å². The van der Waals surface area contributed by atoms with Gasteiger partial charge in [-0.3, -0.25) is 14.5 Å². The number of hydrogen-bond donors (Lipinski definition) is 1. The zero-order chi connectivity index (χ0) is 20.8. The van der Waals surface area contributed by atoms with Gasteiger partial charge in [0.05, 0.1) is 19.9 Å². The predicted octanol–water partition coefficient (Wildman–Crippen LogP) is 3.68. The van der Waals surface area contributed by atoms with E-state index in [1.165, 1.54) is 11.8 Å². The van der Waals surface area contributed by atoms with E-state index in [9.17, 15) is 9.59 Å². The number of methoxy groups -OCH3 is 2. The van der Waals surface area contributed by atoms with E-state index in [1.807, 2.05) is 19.1 Å². The summed E-state index contributed by atoms with van der Waals surface area (Å²) in [4.78, 5) is 31.6. The van der Waals surface area contributed by atoms with Crippen molar-refractivity contribution < 1.29 is 19.1 Å². The minimum Gasteiger partial charge on any atom is -0.497 e. The van der Waals surface area contributed by atoms with Crippen LogP contribution in [0.2, 0.25) is 0 Å². The monoisotopic (exact) mass is 413 g/mol. The second kappa shape index (κ2) is 9.47. The van der Waals surface area contributed by atoms with Gasteiger partial charge in [0.2, 0.25) is 11.8 Å². The minimum absolute atomic E-state index is 0.121. The summed E-state index contributed by atoms with van der Waals surface area (Å²) in [7, 11) is 3.17. The van der Waals surface area contributed by atoms with Gasteiger partial charge < -0.3 is 14.8 Å². The molecule has 3 rings (SSSR count). The minimum atomic E-state index is -0.562. The standard InChI is InChI=1S/C21H23N3O4S/c1-4-24-19(25)13-18(20(26)22-15-6-5-7-17(12-15)28-3)29-21(24)23-14-8-10-16(27-2)11-9-14/h5-12,18H,4,13H2,1-3H3,(H,22,26). The molecule has 0 aromatic heterocycles. The van der Waals surface area contributed by atoms with Crippen LogP contribution in [-0.2, 0) is 9.59 Å². The summed E-state index contributed by atoms with van der Waals surface area (Å²) in [6.45, 7) is 2.38. The number of hydrogen-bond acceptors (Lipinski definition) is 6. The number of nitrogens with one attached hydrogen (secondary N) is 1. The maximum absolute atomic E-state index is 12.8. The van der Waals surface area contributed by atoms with Crippen molar-refractivity contribution in [3.63, 3.8) is 0 Å². The number of benzene rings is 2. The number of amidine groups is 1. The maximum Gasteiger partial charge on any atom is 0.238 e. The number of anilines is 1. The molecule has 1 N–H and O–H groups in total. The van der Waals surface area contributed by atoms with E-state index in [2.05, 4.69) is 10.3 Å². The summed E-state index contributed by atoms with van der Waals surface area (Å²) >= 11 is 1.29. The van der Waals surface area contributed by atoms with Gasteiger partial charge in [0.1, 0.15) is 16.7 Å². The van der Waals surface area contributed by atoms with Crippen molar-refractivity contribution in [2.24, 2.45) is 4.99 Å². The quantitative estimate of drug-likeness (QED) is 0.781. The molecule has 2 amide bonds. The SMILES string of the molecule is CCN1C(=O)CC(C(=O)Nc2cccc(OC)c2)SC1=Nc1ccc(OC)cc1. The molecule has 0 aliphatic carbocycles. The fourth-order valence-corrected chi connectivity index (χ4v) is 4.01. The van der Waals surface area contributed by atoms with Gasteiger partial charge in [-0.1, -0.05) is 17.8 Å². The van der Waals surface area contributed by atoms with Crippen molar-refractivity contribution in [1.82, 2.24) is 4.90 Å². The number of ether oxygens (including phenoxy) is 2. The summed E-state index contributed by atoms with van der Waals surface area (Å²) in [6.07, 6.45) is 0.121. The fourth-order valence-electron chi connectivity index (χ4n) is 2.84. The van der Waals surface area contributed by atoms with E-state index < -0.39 is 5.25 Å². The Morgan fingerprint density at radius 3 is 2.55 bits per heavy atom. The lowest BCUT2D eigenvalue weighted by Gasteiger charge is -2.30. The van der Waals surface area contributed by atoms with E-state index in [1.54, 1.807) is 55.5 Å². The van der Waals surface area contributed by atoms with Gasteiger partial charge in [-0.15, -0.1) is 0 Å². The molecule has 1 heterocycles. The van der Waals surface area contributed by atoms with Crippen LogP contribution in [0.15, 0.2) is 53.5 Å². The Morgan fingerprint density at radius 2 is 1.90 bits per heavy atom. The molecule has 8 heteroatoms. The summed E-state index contributed by atoms with van der Waals surface area (Å²) in [5.74, 6) is 1.01. The molecule has 152 valence electrons. The third-order valence-corrected chi connectivity index (χ3v) is 5.57. The molecular weight excluding hydrogens is 390 g/mol. The summed E-state index contributed by atoms with van der Waals surface area (Å²) in [5, 5.41) is 2.81. The van der Waals surface area contributed by atoms with Gasteiger partial charge in [0.15, 0.2) is 5.17 Å². The highest BCUT2D eigenvalue weighted by Gasteiger charge is 2.35. The molecule has 1 fully saturated rings. The first-order valence-corrected chi connectivity index (χ1v) is 10.1. The molecule has 1 unspecified atom stereocenters. The van der Waals surface area contributed by atoms with Gasteiger partial charge in [-0.25, -0.2) is 4.99 Å². The maximum atomic E-state index is 12.8. The van der Waals surface area contributed by atoms with E-state index in [0.29, 0.717) is 28.8 Å². The van der Waals surface area contributed by atoms with Gasteiger partial charge in [-0.2, -0.15) is 0 Å². The zero-order valence-corrected chi connectivity index (χ0v) is 17.4. The first-order chi connectivity index (χ1) is 14.0. The fraction of sp³-hybridized carbons (Fsp3) is 0.286. The van der Waals surface area contributed by atoms with Crippen LogP contribution in [0.5, 0.6) is 11.5 Å². The van der Waals surface area contributed by atoms with Crippen LogP contribution in [0.1, 0.15) is 13.3 Å². The first kappa shape index (κ1) is 20.7. The molecule has 29 heavy (non-hydrogen) atoms. The van der Waals surface area contributed by atoms with Crippen molar-refractivity contribution in [2.45, 2.75) is 18.6 Å². The first-order valence-electron chi connectivity index (χ1n) is 9.18. The number of carbonyl (C=O) groups excluding carboxylic acids is 2. The Morgan fingerprint density at radius 1 is 1.17 bits per heavy atom. The van der Waals surface area contributed by atoms with Crippen LogP contribution < -0.4 is 14.8 Å². The second-order valence-electron chi connectivity index (χ2n) is 6.26. The molecule has 1 atom stereocenters. The molecule has 2 aromatic rings. The van der Waals surface area contributed by atoms with Gasteiger partial charge in [-0.05, 0) is 43.3 Å². The average molecular weight is 413 g/mol. The Labute approximate surface area is 174 Å². The third kappa shape index (κ3) is 5.08. The van der Waals surface area contributed by atoms with Crippen LogP contribution >= 0.6 is 11.8 Å². The number of nitrogens with zero attached hydrogens (tertiary/aromatic N) is 2. The Kier molecular flexibility index (Phi) is 6.77. The topological polar surface area (TPSA) is 80.2 Å². The molecule has 1 aliphatic rings. The van der Waals surface area contributed by atoms with Gasteiger partial charge in [0, 0.05) is 24.7 Å². The molecular formula is C21H23N3O4S. The lowest BCUT2D eigenvalue weighted by Crippen LogP contribution is -2.45. The van der Waals surface area contributed by atoms with Crippen LogP contribution in [0.4, 0.5) is 11.4 Å². The molecule has 2 aromatic carbocycles. The molecule has 0 radical (unpaired) electrons. The highest BCUT2D eigenvalue weighted by molar-refractivity contribution is 8.15. The van der Waals surface area contributed by atoms with Gasteiger partial charge >= 0.3 is 0 Å². The van der Waals surface area contributed by atoms with Crippen molar-refractivity contribution in [2.75, 3.05) is 26.1 Å². The van der Waals surface area contributed by atoms with E-state index in [-0.39, 0.29) is 18.2 Å². The molecule has 0 saturated carbocycles. The summed E-state index contributed by atoms with van der Waals surface area (Å²) in [6, 6.07) is 14.3. The van der Waals surface area contributed by atoms with E-state index in [0.717, 1.165) is 5.75 Å². The Balaban J connectivity index is 1.79.